The van der Waals surface area contributed by atoms with Crippen molar-refractivity contribution in [3.63, 3.8) is 0 Å². The lowest BCUT2D eigenvalue weighted by atomic mass is 9.89. The minimum atomic E-state index is -0.146. The van der Waals surface area contributed by atoms with Crippen LogP contribution in [0.1, 0.15) is 31.7 Å². The maximum atomic E-state index is 5.67. The van der Waals surface area contributed by atoms with Crippen molar-refractivity contribution in [1.82, 2.24) is 15.1 Å². The van der Waals surface area contributed by atoms with Crippen LogP contribution in [-0.4, -0.2) is 35.6 Å². The molecule has 4 heteroatoms. The monoisotopic (exact) mass is 239 g/mol. The lowest BCUT2D eigenvalue weighted by molar-refractivity contribution is -0.0272. The van der Waals surface area contributed by atoms with Gasteiger partial charge in [0.05, 0.1) is 11.3 Å². The molecule has 98 valence electrons. The number of aryl methyl sites for hydroxylation is 2. The Balaban J connectivity index is 2.86. The van der Waals surface area contributed by atoms with Crippen LogP contribution in [0.15, 0.2) is 6.07 Å². The van der Waals surface area contributed by atoms with Crippen molar-refractivity contribution < 1.29 is 4.74 Å². The van der Waals surface area contributed by atoms with Crippen LogP contribution in [0, 0.1) is 6.92 Å². The molecule has 2 atom stereocenters. The van der Waals surface area contributed by atoms with Crippen molar-refractivity contribution >= 4 is 0 Å². The summed E-state index contributed by atoms with van der Waals surface area (Å²) >= 11 is 0. The Morgan fingerprint density at radius 3 is 2.59 bits per heavy atom. The van der Waals surface area contributed by atoms with Gasteiger partial charge in [-0.15, -0.1) is 0 Å². The molecule has 0 saturated heterocycles. The number of methoxy groups -OCH3 is 1. The number of ether oxygens (including phenoxy) is 1. The molecule has 2 unspecified atom stereocenters. The summed E-state index contributed by atoms with van der Waals surface area (Å²) in [6.07, 6.45) is 1.90. The smallest absolute Gasteiger partial charge is 0.0804 e. The average Bonchev–Trinajstić information content (AvgIpc) is 2.63. The van der Waals surface area contributed by atoms with Crippen LogP contribution in [0.3, 0.4) is 0 Å². The predicted molar refractivity (Wildman–Crippen MR) is 70.2 cm³/mol. The Bertz CT molecular complexity index is 356. The maximum Gasteiger partial charge on any atom is 0.0804 e. The highest BCUT2D eigenvalue weighted by Crippen LogP contribution is 2.22. The Hall–Kier alpha value is -0.870. The molecule has 1 rings (SSSR count). The molecule has 0 aliphatic rings. The Labute approximate surface area is 104 Å². The zero-order valence-corrected chi connectivity index (χ0v) is 11.9. The van der Waals surface area contributed by atoms with E-state index in [1.807, 2.05) is 25.7 Å². The van der Waals surface area contributed by atoms with Gasteiger partial charge in [0.1, 0.15) is 0 Å². The van der Waals surface area contributed by atoms with Crippen molar-refractivity contribution in [3.8, 4) is 0 Å². The third-order valence-corrected chi connectivity index (χ3v) is 3.77. The van der Waals surface area contributed by atoms with E-state index >= 15 is 0 Å². The molecule has 1 heterocycles. The number of aromatic nitrogens is 2. The number of hydrogen-bond acceptors (Lipinski definition) is 3. The van der Waals surface area contributed by atoms with Crippen LogP contribution in [0.4, 0.5) is 0 Å². The second-order valence-corrected chi connectivity index (χ2v) is 4.82. The summed E-state index contributed by atoms with van der Waals surface area (Å²) in [7, 11) is 5.76. The quantitative estimate of drug-likeness (QED) is 0.821. The summed E-state index contributed by atoms with van der Waals surface area (Å²) in [4.78, 5) is 0. The molecule has 1 N–H and O–H groups in total. The highest BCUT2D eigenvalue weighted by Gasteiger charge is 2.32. The first-order valence-corrected chi connectivity index (χ1v) is 6.18. The van der Waals surface area contributed by atoms with E-state index in [1.165, 1.54) is 5.69 Å². The SMILES string of the molecule is CCC(C)(OC)C(Cc1cc(C)nn1C)NC. The molecular formula is C13H25N3O. The van der Waals surface area contributed by atoms with E-state index in [1.54, 1.807) is 7.11 Å². The lowest BCUT2D eigenvalue weighted by Gasteiger charge is -2.35. The van der Waals surface area contributed by atoms with Gasteiger partial charge in [-0.1, -0.05) is 6.92 Å². The maximum absolute atomic E-state index is 5.67. The number of nitrogens with one attached hydrogen (secondary N) is 1. The summed E-state index contributed by atoms with van der Waals surface area (Å²) < 4.78 is 7.62. The largest absolute Gasteiger partial charge is 0.377 e. The normalized spacial score (nSPS) is 16.8. The molecule has 0 aliphatic carbocycles. The fourth-order valence-corrected chi connectivity index (χ4v) is 2.22. The fourth-order valence-electron chi connectivity index (χ4n) is 2.22. The van der Waals surface area contributed by atoms with Gasteiger partial charge in [0, 0.05) is 32.3 Å². The van der Waals surface area contributed by atoms with Gasteiger partial charge in [0.15, 0.2) is 0 Å². The minimum absolute atomic E-state index is 0.146. The van der Waals surface area contributed by atoms with E-state index in [4.69, 9.17) is 4.74 Å². The summed E-state index contributed by atoms with van der Waals surface area (Å²) in [6.45, 7) is 6.33. The van der Waals surface area contributed by atoms with Gasteiger partial charge in [-0.25, -0.2) is 0 Å². The van der Waals surface area contributed by atoms with Gasteiger partial charge in [-0.05, 0) is 33.4 Å². The average molecular weight is 239 g/mol. The first kappa shape index (κ1) is 14.2. The zero-order valence-electron chi connectivity index (χ0n) is 11.9. The van der Waals surface area contributed by atoms with Crippen LogP contribution in [0.5, 0.6) is 0 Å². The fraction of sp³-hybridized carbons (Fsp3) is 0.769. The topological polar surface area (TPSA) is 39.1 Å². The molecule has 0 radical (unpaired) electrons. The van der Waals surface area contributed by atoms with E-state index in [-0.39, 0.29) is 11.6 Å². The molecule has 4 nitrogen and oxygen atoms in total. The van der Waals surface area contributed by atoms with E-state index in [0.29, 0.717) is 0 Å². The van der Waals surface area contributed by atoms with Gasteiger partial charge < -0.3 is 10.1 Å². The molecule has 0 amide bonds. The molecule has 1 aromatic rings. The number of nitrogens with zero attached hydrogens (tertiary/aromatic N) is 2. The number of likely N-dealkylation sites (N-methyl/N-ethyl adjacent to an activating group) is 1. The van der Waals surface area contributed by atoms with Crippen molar-refractivity contribution in [3.05, 3.63) is 17.5 Å². The van der Waals surface area contributed by atoms with Crippen molar-refractivity contribution in [2.75, 3.05) is 14.2 Å². The van der Waals surface area contributed by atoms with Crippen LogP contribution >= 0.6 is 0 Å². The van der Waals surface area contributed by atoms with Crippen LogP contribution in [-0.2, 0) is 18.2 Å². The molecule has 0 spiro atoms. The third-order valence-electron chi connectivity index (χ3n) is 3.77. The molecular weight excluding hydrogens is 214 g/mol. The molecule has 17 heavy (non-hydrogen) atoms. The minimum Gasteiger partial charge on any atom is -0.377 e. The van der Waals surface area contributed by atoms with E-state index < -0.39 is 0 Å². The van der Waals surface area contributed by atoms with E-state index in [9.17, 15) is 0 Å². The van der Waals surface area contributed by atoms with Gasteiger partial charge in [-0.3, -0.25) is 4.68 Å². The van der Waals surface area contributed by atoms with Crippen molar-refractivity contribution in [2.45, 2.75) is 45.3 Å². The molecule has 0 aliphatic heterocycles. The lowest BCUT2D eigenvalue weighted by Crippen LogP contribution is -2.50. The van der Waals surface area contributed by atoms with Gasteiger partial charge in [-0.2, -0.15) is 5.10 Å². The van der Waals surface area contributed by atoms with E-state index in [0.717, 1.165) is 18.5 Å². The highest BCUT2D eigenvalue weighted by atomic mass is 16.5. The Morgan fingerprint density at radius 2 is 2.24 bits per heavy atom. The summed E-state index contributed by atoms with van der Waals surface area (Å²) in [5, 5.41) is 7.74. The molecule has 0 bridgehead atoms. The zero-order chi connectivity index (χ0) is 13.1. The van der Waals surface area contributed by atoms with Gasteiger partial charge >= 0.3 is 0 Å². The van der Waals surface area contributed by atoms with Gasteiger partial charge in [0.2, 0.25) is 0 Å². The first-order valence-electron chi connectivity index (χ1n) is 6.18. The molecule has 0 aromatic carbocycles. The van der Waals surface area contributed by atoms with Crippen molar-refractivity contribution in [1.29, 1.82) is 0 Å². The second-order valence-electron chi connectivity index (χ2n) is 4.82. The summed E-state index contributed by atoms with van der Waals surface area (Å²) in [6, 6.07) is 2.42. The van der Waals surface area contributed by atoms with E-state index in [2.05, 4.69) is 30.3 Å². The second kappa shape index (κ2) is 5.65. The highest BCUT2D eigenvalue weighted by molar-refractivity contribution is 5.11. The summed E-state index contributed by atoms with van der Waals surface area (Å²) in [5.41, 5.74) is 2.15. The van der Waals surface area contributed by atoms with Crippen LogP contribution < -0.4 is 5.32 Å². The molecule has 0 fully saturated rings. The number of rotatable bonds is 6. The third kappa shape index (κ3) is 3.07. The van der Waals surface area contributed by atoms with Crippen LogP contribution in [0.25, 0.3) is 0 Å². The predicted octanol–water partition coefficient (Wildman–Crippen LogP) is 1.67. The standard InChI is InChI=1S/C13H25N3O/c1-7-13(3,17-6)12(14-4)9-11-8-10(2)15-16(11)5/h8,12,14H,7,9H2,1-6H3. The Kier molecular flexibility index (Phi) is 4.71. The summed E-state index contributed by atoms with van der Waals surface area (Å²) in [5.74, 6) is 0. The molecule has 1 aromatic heterocycles. The van der Waals surface area contributed by atoms with Crippen LogP contribution in [0.2, 0.25) is 0 Å². The Morgan fingerprint density at radius 1 is 1.59 bits per heavy atom. The van der Waals surface area contributed by atoms with Crippen molar-refractivity contribution in [2.24, 2.45) is 7.05 Å². The first-order chi connectivity index (χ1) is 7.96. The molecule has 0 saturated carbocycles. The number of hydrogen-bond donors (Lipinski definition) is 1. The van der Waals surface area contributed by atoms with Gasteiger partial charge in [0.25, 0.3) is 0 Å².